The molecule has 0 aliphatic heterocycles. The summed E-state index contributed by atoms with van der Waals surface area (Å²) in [5.74, 6) is 0.382. The lowest BCUT2D eigenvalue weighted by Gasteiger charge is -2.06. The number of nitrogens with one attached hydrogen (secondary N) is 1. The van der Waals surface area contributed by atoms with Crippen molar-refractivity contribution in [3.05, 3.63) is 69.0 Å². The summed E-state index contributed by atoms with van der Waals surface area (Å²) >= 11 is 4.77. The highest BCUT2D eigenvalue weighted by atomic mass is 79.9. The van der Waals surface area contributed by atoms with Crippen LogP contribution in [0.3, 0.4) is 0 Å². The number of nitrogens with zero attached hydrogens (tertiary/aromatic N) is 3. The van der Waals surface area contributed by atoms with Gasteiger partial charge in [0.1, 0.15) is 12.3 Å². The number of ether oxygens (including phenoxy) is 1. The summed E-state index contributed by atoms with van der Waals surface area (Å²) < 4.78 is 7.34. The standard InChI is InChI=1S/C20H15BrN4O3S/c1-28-17-7-6-12(8-14(17)21)16-10-29-20(23-16)24-18(26)9-25-11-22-15-5-3-2-4-13(15)19(25)27/h2-8,10-11H,9H2,1H3,(H,23,24,26). The third-order valence-electron chi connectivity index (χ3n) is 4.24. The van der Waals surface area contributed by atoms with Gasteiger partial charge >= 0.3 is 0 Å². The second-order valence-electron chi connectivity index (χ2n) is 6.13. The van der Waals surface area contributed by atoms with Crippen molar-refractivity contribution in [2.75, 3.05) is 12.4 Å². The predicted molar refractivity (Wildman–Crippen MR) is 116 cm³/mol. The van der Waals surface area contributed by atoms with Crippen LogP contribution in [0.5, 0.6) is 5.75 Å². The fourth-order valence-corrected chi connectivity index (χ4v) is 4.10. The fraction of sp³-hybridized carbons (Fsp3) is 0.100. The molecule has 146 valence electrons. The molecule has 0 saturated carbocycles. The van der Waals surface area contributed by atoms with E-state index < -0.39 is 0 Å². The van der Waals surface area contributed by atoms with Gasteiger partial charge in [-0.25, -0.2) is 9.97 Å². The second kappa shape index (κ2) is 8.14. The Morgan fingerprint density at radius 1 is 1.28 bits per heavy atom. The molecule has 2 aromatic carbocycles. The van der Waals surface area contributed by atoms with E-state index in [9.17, 15) is 9.59 Å². The highest BCUT2D eigenvalue weighted by Crippen LogP contribution is 2.32. The number of thiazole rings is 1. The van der Waals surface area contributed by atoms with E-state index in [0.717, 1.165) is 21.5 Å². The van der Waals surface area contributed by atoms with Crippen LogP contribution in [0.2, 0.25) is 0 Å². The topological polar surface area (TPSA) is 86.1 Å². The maximum Gasteiger partial charge on any atom is 0.261 e. The molecular weight excluding hydrogens is 456 g/mol. The Bertz CT molecular complexity index is 1270. The first-order valence-corrected chi connectivity index (χ1v) is 10.3. The van der Waals surface area contributed by atoms with Crippen LogP contribution in [0.15, 0.2) is 63.4 Å². The van der Waals surface area contributed by atoms with Crippen LogP contribution in [-0.2, 0) is 11.3 Å². The predicted octanol–water partition coefficient (Wildman–Crippen LogP) is 3.93. The van der Waals surface area contributed by atoms with Crippen molar-refractivity contribution in [1.82, 2.24) is 14.5 Å². The van der Waals surface area contributed by atoms with E-state index >= 15 is 0 Å². The number of carbonyl (C=O) groups excluding carboxylic acids is 1. The molecule has 1 amide bonds. The molecule has 0 unspecified atom stereocenters. The van der Waals surface area contributed by atoms with E-state index in [1.807, 2.05) is 29.6 Å². The first-order chi connectivity index (χ1) is 14.0. The minimum Gasteiger partial charge on any atom is -0.496 e. The average molecular weight is 471 g/mol. The smallest absolute Gasteiger partial charge is 0.261 e. The third-order valence-corrected chi connectivity index (χ3v) is 5.62. The van der Waals surface area contributed by atoms with Crippen molar-refractivity contribution in [2.24, 2.45) is 0 Å². The number of benzene rings is 2. The van der Waals surface area contributed by atoms with Crippen LogP contribution < -0.4 is 15.6 Å². The molecule has 0 radical (unpaired) electrons. The molecule has 2 heterocycles. The zero-order valence-corrected chi connectivity index (χ0v) is 17.7. The van der Waals surface area contributed by atoms with E-state index in [0.29, 0.717) is 16.0 Å². The first kappa shape index (κ1) is 19.3. The maximum atomic E-state index is 12.5. The molecule has 4 rings (SSSR count). The van der Waals surface area contributed by atoms with Gasteiger partial charge in [0.05, 0.1) is 34.5 Å². The Labute approximate surface area is 178 Å². The molecule has 0 aliphatic carbocycles. The molecule has 1 N–H and O–H groups in total. The van der Waals surface area contributed by atoms with Gasteiger partial charge in [-0.3, -0.25) is 14.2 Å². The second-order valence-corrected chi connectivity index (χ2v) is 7.84. The van der Waals surface area contributed by atoms with Crippen molar-refractivity contribution >= 4 is 49.2 Å². The summed E-state index contributed by atoms with van der Waals surface area (Å²) in [7, 11) is 1.60. The summed E-state index contributed by atoms with van der Waals surface area (Å²) in [5, 5.41) is 5.53. The van der Waals surface area contributed by atoms with E-state index in [1.165, 1.54) is 22.2 Å². The van der Waals surface area contributed by atoms with Gasteiger partial charge in [0, 0.05) is 10.9 Å². The van der Waals surface area contributed by atoms with Gasteiger partial charge in [0.15, 0.2) is 5.13 Å². The number of carbonyl (C=O) groups is 1. The number of fused-ring (bicyclic) bond motifs is 1. The van der Waals surface area contributed by atoms with E-state index in [4.69, 9.17) is 4.74 Å². The number of methoxy groups -OCH3 is 1. The van der Waals surface area contributed by atoms with Gasteiger partial charge in [-0.05, 0) is 46.3 Å². The fourth-order valence-electron chi connectivity index (χ4n) is 2.82. The van der Waals surface area contributed by atoms with Gasteiger partial charge < -0.3 is 10.1 Å². The number of halogens is 1. The summed E-state index contributed by atoms with van der Waals surface area (Å²) in [6, 6.07) is 12.7. The number of para-hydroxylation sites is 1. The zero-order valence-electron chi connectivity index (χ0n) is 15.3. The van der Waals surface area contributed by atoms with Crippen LogP contribution in [-0.4, -0.2) is 27.6 Å². The summed E-state index contributed by atoms with van der Waals surface area (Å²) in [4.78, 5) is 33.6. The lowest BCUT2D eigenvalue weighted by Crippen LogP contribution is -2.27. The molecule has 0 atom stereocenters. The molecule has 9 heteroatoms. The van der Waals surface area contributed by atoms with Crippen molar-refractivity contribution in [3.8, 4) is 17.0 Å². The number of aromatic nitrogens is 3. The normalized spacial score (nSPS) is 10.8. The van der Waals surface area contributed by atoms with Gasteiger partial charge in [-0.1, -0.05) is 12.1 Å². The third kappa shape index (κ3) is 4.06. The van der Waals surface area contributed by atoms with Gasteiger partial charge in [0.25, 0.3) is 5.56 Å². The Morgan fingerprint density at radius 2 is 2.10 bits per heavy atom. The highest BCUT2D eigenvalue weighted by molar-refractivity contribution is 9.10. The maximum absolute atomic E-state index is 12.5. The number of amides is 1. The number of hydrogen-bond acceptors (Lipinski definition) is 6. The number of hydrogen-bond donors (Lipinski definition) is 1. The quantitative estimate of drug-likeness (QED) is 0.477. The Morgan fingerprint density at radius 3 is 2.90 bits per heavy atom. The molecule has 0 spiro atoms. The molecular formula is C20H15BrN4O3S. The lowest BCUT2D eigenvalue weighted by molar-refractivity contribution is -0.116. The van der Waals surface area contributed by atoms with Crippen molar-refractivity contribution in [2.45, 2.75) is 6.54 Å². The van der Waals surface area contributed by atoms with Gasteiger partial charge in [-0.2, -0.15) is 0 Å². The van der Waals surface area contributed by atoms with Crippen molar-refractivity contribution in [1.29, 1.82) is 0 Å². The SMILES string of the molecule is COc1ccc(-c2csc(NC(=O)Cn3cnc4ccccc4c3=O)n2)cc1Br. The van der Waals surface area contributed by atoms with Crippen LogP contribution in [0, 0.1) is 0 Å². The molecule has 0 saturated heterocycles. The van der Waals surface area contributed by atoms with E-state index in [2.05, 4.69) is 31.2 Å². The summed E-state index contributed by atoms with van der Waals surface area (Å²) in [6.45, 7) is -0.139. The van der Waals surface area contributed by atoms with Gasteiger partial charge in [0.2, 0.25) is 5.91 Å². The lowest BCUT2D eigenvalue weighted by atomic mass is 10.2. The molecule has 7 nitrogen and oxygen atoms in total. The Balaban J connectivity index is 1.49. The van der Waals surface area contributed by atoms with Crippen LogP contribution in [0.1, 0.15) is 0 Å². The molecule has 0 fully saturated rings. The van der Waals surface area contributed by atoms with Gasteiger partial charge in [-0.15, -0.1) is 11.3 Å². The van der Waals surface area contributed by atoms with Crippen LogP contribution in [0.25, 0.3) is 22.2 Å². The highest BCUT2D eigenvalue weighted by Gasteiger charge is 2.12. The van der Waals surface area contributed by atoms with Crippen LogP contribution >= 0.6 is 27.3 Å². The number of rotatable bonds is 5. The van der Waals surface area contributed by atoms with E-state index in [1.54, 1.807) is 25.3 Å². The van der Waals surface area contributed by atoms with Crippen LogP contribution in [0.4, 0.5) is 5.13 Å². The minimum absolute atomic E-state index is 0.139. The zero-order chi connectivity index (χ0) is 20.4. The van der Waals surface area contributed by atoms with Crippen molar-refractivity contribution < 1.29 is 9.53 Å². The Kier molecular flexibility index (Phi) is 5.41. The molecule has 0 aliphatic rings. The van der Waals surface area contributed by atoms with E-state index in [-0.39, 0.29) is 18.0 Å². The largest absolute Gasteiger partial charge is 0.496 e. The Hall–Kier alpha value is -3.04. The molecule has 0 bridgehead atoms. The minimum atomic E-state index is -0.346. The number of anilines is 1. The molecule has 29 heavy (non-hydrogen) atoms. The summed E-state index contributed by atoms with van der Waals surface area (Å²) in [5.41, 5.74) is 1.97. The monoisotopic (exact) mass is 470 g/mol. The first-order valence-electron chi connectivity index (χ1n) is 8.58. The van der Waals surface area contributed by atoms with Crippen molar-refractivity contribution in [3.63, 3.8) is 0 Å². The molecule has 4 aromatic rings. The summed E-state index contributed by atoms with van der Waals surface area (Å²) in [6.07, 6.45) is 1.38. The molecule has 2 aromatic heterocycles. The average Bonchev–Trinajstić information content (AvgIpc) is 3.18.